The van der Waals surface area contributed by atoms with Crippen LogP contribution in [0, 0.1) is 0 Å². The van der Waals surface area contributed by atoms with E-state index in [0.29, 0.717) is 11.4 Å². The van der Waals surface area contributed by atoms with E-state index in [1.54, 1.807) is 12.1 Å². The molecule has 0 aliphatic rings. The Kier molecular flexibility index (Phi) is 5.63. The summed E-state index contributed by atoms with van der Waals surface area (Å²) < 4.78 is 32.1. The van der Waals surface area contributed by atoms with Crippen molar-refractivity contribution in [2.75, 3.05) is 5.32 Å². The zero-order chi connectivity index (χ0) is 17.7. The van der Waals surface area contributed by atoms with E-state index >= 15 is 0 Å². The fourth-order valence-electron chi connectivity index (χ4n) is 2.02. The van der Waals surface area contributed by atoms with Crippen LogP contribution in [0.1, 0.15) is 36.4 Å². The Morgan fingerprint density at radius 2 is 2.08 bits per heavy atom. The van der Waals surface area contributed by atoms with Crippen molar-refractivity contribution < 1.29 is 22.7 Å². The summed E-state index contributed by atoms with van der Waals surface area (Å²) in [4.78, 5) is 11.3. The molecule has 0 unspecified atom stereocenters. The molecule has 7 nitrogen and oxygen atoms in total. The molecule has 0 saturated carbocycles. The Balaban J connectivity index is 2.26. The maximum Gasteiger partial charge on any atom is 0.337 e. The quantitative estimate of drug-likeness (QED) is 0.674. The number of carbonyl (C=O) groups is 1. The molecule has 24 heavy (non-hydrogen) atoms. The molecule has 1 atom stereocenters. The van der Waals surface area contributed by atoms with Crippen LogP contribution in [0.5, 0.6) is 0 Å². The number of sulfonamides is 1. The Morgan fingerprint density at radius 1 is 1.33 bits per heavy atom. The highest BCUT2D eigenvalue weighted by atomic mass is 32.2. The summed E-state index contributed by atoms with van der Waals surface area (Å²) in [5, 5.41) is 12.4. The van der Waals surface area contributed by atoms with Gasteiger partial charge >= 0.3 is 5.97 Å². The van der Waals surface area contributed by atoms with Gasteiger partial charge in [-0.3, -0.25) is 0 Å². The number of anilines is 1. The topological polar surface area (TPSA) is 109 Å². The number of rotatable bonds is 8. The Morgan fingerprint density at radius 3 is 2.67 bits per heavy atom. The lowest BCUT2D eigenvalue weighted by Gasteiger charge is -2.16. The molecule has 1 heterocycles. The van der Waals surface area contributed by atoms with E-state index in [4.69, 9.17) is 4.42 Å². The molecular formula is C16H20N2O5S. The molecule has 0 radical (unpaired) electrons. The zero-order valence-corrected chi connectivity index (χ0v) is 14.3. The first-order valence-corrected chi connectivity index (χ1v) is 8.97. The van der Waals surface area contributed by atoms with Gasteiger partial charge in [-0.05, 0) is 43.7 Å². The SMILES string of the molecule is CC[C@@H](C)Nc1ccc(S(=O)(=O)NCc2ccco2)cc1C(=O)O. The minimum atomic E-state index is -3.84. The number of nitrogens with one attached hydrogen (secondary N) is 2. The summed E-state index contributed by atoms with van der Waals surface area (Å²) in [7, 11) is -3.84. The number of furan rings is 1. The van der Waals surface area contributed by atoms with E-state index in [1.807, 2.05) is 13.8 Å². The van der Waals surface area contributed by atoms with Crippen molar-refractivity contribution >= 4 is 21.7 Å². The van der Waals surface area contributed by atoms with Crippen molar-refractivity contribution in [2.45, 2.75) is 37.8 Å². The van der Waals surface area contributed by atoms with Crippen molar-refractivity contribution in [3.8, 4) is 0 Å². The van der Waals surface area contributed by atoms with Crippen molar-refractivity contribution in [3.05, 3.63) is 47.9 Å². The molecule has 0 bridgehead atoms. The number of hydrogen-bond donors (Lipinski definition) is 3. The van der Waals surface area contributed by atoms with Gasteiger partial charge in [0, 0.05) is 11.7 Å². The van der Waals surface area contributed by atoms with Crippen LogP contribution in [0.15, 0.2) is 45.9 Å². The van der Waals surface area contributed by atoms with E-state index < -0.39 is 16.0 Å². The number of benzene rings is 1. The lowest BCUT2D eigenvalue weighted by Crippen LogP contribution is -2.24. The Labute approximate surface area is 140 Å². The summed E-state index contributed by atoms with van der Waals surface area (Å²) in [6.45, 7) is 3.88. The number of carboxylic acids is 1. The summed E-state index contributed by atoms with van der Waals surface area (Å²) in [6.07, 6.45) is 2.26. The van der Waals surface area contributed by atoms with E-state index in [2.05, 4.69) is 10.0 Å². The molecule has 0 fully saturated rings. The lowest BCUT2D eigenvalue weighted by molar-refractivity contribution is 0.0697. The van der Waals surface area contributed by atoms with Gasteiger partial charge in [-0.2, -0.15) is 0 Å². The lowest BCUT2D eigenvalue weighted by atomic mass is 10.1. The monoisotopic (exact) mass is 352 g/mol. The van der Waals surface area contributed by atoms with Crippen LogP contribution < -0.4 is 10.0 Å². The van der Waals surface area contributed by atoms with Crippen molar-refractivity contribution in [1.29, 1.82) is 0 Å². The third-order valence-corrected chi connectivity index (χ3v) is 4.96. The van der Waals surface area contributed by atoms with Crippen molar-refractivity contribution in [2.24, 2.45) is 0 Å². The molecule has 0 aliphatic heterocycles. The first-order valence-electron chi connectivity index (χ1n) is 7.49. The summed E-state index contributed by atoms with van der Waals surface area (Å²) in [5.74, 6) is -0.726. The molecule has 1 aromatic carbocycles. The first-order chi connectivity index (χ1) is 11.3. The van der Waals surface area contributed by atoms with Crippen molar-refractivity contribution in [3.63, 3.8) is 0 Å². The van der Waals surface area contributed by atoms with Gasteiger partial charge in [-0.1, -0.05) is 6.92 Å². The average Bonchev–Trinajstić information content (AvgIpc) is 3.06. The highest BCUT2D eigenvalue weighted by molar-refractivity contribution is 7.89. The molecule has 2 rings (SSSR count). The molecule has 1 aromatic heterocycles. The maximum atomic E-state index is 12.3. The van der Waals surface area contributed by atoms with Crippen LogP contribution in [0.4, 0.5) is 5.69 Å². The van der Waals surface area contributed by atoms with E-state index in [0.717, 1.165) is 12.5 Å². The smallest absolute Gasteiger partial charge is 0.337 e. The maximum absolute atomic E-state index is 12.3. The second-order valence-corrected chi connectivity index (χ2v) is 7.14. The first kappa shape index (κ1) is 18.0. The van der Waals surface area contributed by atoms with Gasteiger partial charge in [-0.25, -0.2) is 17.9 Å². The van der Waals surface area contributed by atoms with Gasteiger partial charge in [0.15, 0.2) is 0 Å². The zero-order valence-electron chi connectivity index (χ0n) is 13.4. The molecule has 3 N–H and O–H groups in total. The van der Waals surface area contributed by atoms with Gasteiger partial charge in [0.25, 0.3) is 0 Å². The van der Waals surface area contributed by atoms with Crippen LogP contribution in [0.2, 0.25) is 0 Å². The van der Waals surface area contributed by atoms with Crippen LogP contribution in [0.25, 0.3) is 0 Å². The molecule has 0 spiro atoms. The van der Waals surface area contributed by atoms with Crippen LogP contribution in [0.3, 0.4) is 0 Å². The van der Waals surface area contributed by atoms with E-state index in [1.165, 1.54) is 18.4 Å². The number of hydrogen-bond acceptors (Lipinski definition) is 5. The van der Waals surface area contributed by atoms with Gasteiger partial charge in [0.1, 0.15) is 5.76 Å². The van der Waals surface area contributed by atoms with Crippen LogP contribution >= 0.6 is 0 Å². The van der Waals surface area contributed by atoms with Gasteiger partial charge in [-0.15, -0.1) is 0 Å². The predicted molar refractivity (Wildman–Crippen MR) is 89.5 cm³/mol. The minimum Gasteiger partial charge on any atom is -0.478 e. The second kappa shape index (κ2) is 7.50. The largest absolute Gasteiger partial charge is 0.478 e. The third-order valence-electron chi connectivity index (χ3n) is 3.56. The highest BCUT2D eigenvalue weighted by Gasteiger charge is 2.19. The summed E-state index contributed by atoms with van der Waals surface area (Å²) in [5.41, 5.74) is 0.304. The minimum absolute atomic E-state index is 0.00932. The molecular weight excluding hydrogens is 332 g/mol. The third kappa shape index (κ3) is 4.36. The normalized spacial score (nSPS) is 12.8. The van der Waals surface area contributed by atoms with Gasteiger partial charge < -0.3 is 14.8 Å². The van der Waals surface area contributed by atoms with E-state index in [9.17, 15) is 18.3 Å². The van der Waals surface area contributed by atoms with Gasteiger partial charge in [0.2, 0.25) is 10.0 Å². The van der Waals surface area contributed by atoms with E-state index in [-0.39, 0.29) is 23.0 Å². The van der Waals surface area contributed by atoms with Gasteiger partial charge in [0.05, 0.1) is 23.3 Å². The molecule has 0 saturated heterocycles. The predicted octanol–water partition coefficient (Wildman–Crippen LogP) is 2.67. The number of carboxylic acid groups (broad SMARTS) is 1. The summed E-state index contributed by atoms with van der Waals surface area (Å²) in [6, 6.07) is 7.37. The fraction of sp³-hybridized carbons (Fsp3) is 0.312. The van der Waals surface area contributed by atoms with Crippen molar-refractivity contribution in [1.82, 2.24) is 4.72 Å². The Hall–Kier alpha value is -2.32. The average molecular weight is 352 g/mol. The highest BCUT2D eigenvalue weighted by Crippen LogP contribution is 2.22. The molecule has 8 heteroatoms. The standard InChI is InChI=1S/C16H20N2O5S/c1-3-11(2)18-15-7-6-13(9-14(15)16(19)20)24(21,22)17-10-12-5-4-8-23-12/h4-9,11,17-18H,3,10H2,1-2H3,(H,19,20)/t11-/m1/s1. The Bertz CT molecular complexity index is 800. The molecule has 0 aliphatic carbocycles. The molecule has 0 amide bonds. The second-order valence-electron chi connectivity index (χ2n) is 5.37. The molecule has 2 aromatic rings. The molecule has 130 valence electrons. The fourth-order valence-corrected chi connectivity index (χ4v) is 3.04. The summed E-state index contributed by atoms with van der Waals surface area (Å²) >= 11 is 0. The number of aromatic carboxylic acids is 1. The van der Waals surface area contributed by atoms with Crippen LogP contribution in [-0.2, 0) is 16.6 Å². The van der Waals surface area contributed by atoms with Crippen LogP contribution in [-0.4, -0.2) is 25.5 Å².